The van der Waals surface area contributed by atoms with Gasteiger partial charge in [-0.05, 0) is 242 Å². The first-order chi connectivity index (χ1) is 64.5. The summed E-state index contributed by atoms with van der Waals surface area (Å²) in [6.07, 6.45) is 0. The SMILES string of the molecule is c1ccc(-n2c3ccccc3c3c4ccccc4c(-c4cc5[nH]c6ccccc6c5c5ccccc45)cc32)cc1.c1ccc(-n2c3ccccc3c3ccc(-c4ccc5cc(-c6cc7[nH]c8ccccc8c7c7ccccc67)ccc5c4)cc32)cc1.c1ccc(Nc2cc(-c3cc4c(c5ccccc35)c3ccccc3n4-c3cccc4ccccc34)c3ccccc3c2)cc1. The van der Waals surface area contributed by atoms with Crippen molar-refractivity contribution in [1.82, 2.24) is 23.7 Å². The Bertz CT molecular complexity index is 9470. The monoisotopic (exact) mass is 1650 g/mol. The second-order valence-corrected chi connectivity index (χ2v) is 34.3. The molecule has 0 aliphatic rings. The lowest BCUT2D eigenvalue weighted by atomic mass is 9.90. The van der Waals surface area contributed by atoms with Crippen molar-refractivity contribution in [2.24, 2.45) is 0 Å². The van der Waals surface area contributed by atoms with Gasteiger partial charge in [0.15, 0.2) is 0 Å². The minimum Gasteiger partial charge on any atom is -0.355 e. The molecule has 130 heavy (non-hydrogen) atoms. The molecule has 23 aromatic carbocycles. The minimum absolute atomic E-state index is 1.07. The van der Waals surface area contributed by atoms with E-state index in [1.165, 1.54) is 246 Å². The lowest BCUT2D eigenvalue weighted by Gasteiger charge is -2.16. The number of hydrogen-bond acceptors (Lipinski definition) is 1. The van der Waals surface area contributed by atoms with Crippen LogP contribution in [0.2, 0.25) is 0 Å². The lowest BCUT2D eigenvalue weighted by molar-refractivity contribution is 1.18. The van der Waals surface area contributed by atoms with Crippen molar-refractivity contribution in [2.75, 3.05) is 5.32 Å². The van der Waals surface area contributed by atoms with Crippen molar-refractivity contribution in [3.05, 3.63) is 467 Å². The molecule has 0 aliphatic heterocycles. The Kier molecular flexibility index (Phi) is 17.2. The van der Waals surface area contributed by atoms with Crippen molar-refractivity contribution in [3.63, 3.8) is 0 Å². The zero-order valence-corrected chi connectivity index (χ0v) is 70.8. The molecule has 0 atom stereocenters. The van der Waals surface area contributed by atoms with Crippen LogP contribution in [0.4, 0.5) is 11.4 Å². The Morgan fingerprint density at radius 2 is 0.531 bits per heavy atom. The van der Waals surface area contributed by atoms with Gasteiger partial charge >= 0.3 is 0 Å². The summed E-state index contributed by atoms with van der Waals surface area (Å²) in [6, 6.07) is 170. The maximum absolute atomic E-state index is 3.72. The molecule has 0 aliphatic carbocycles. The van der Waals surface area contributed by atoms with Gasteiger partial charge in [-0.25, -0.2) is 0 Å². The summed E-state index contributed by atoms with van der Waals surface area (Å²) in [5.41, 5.74) is 27.6. The number of aromatic nitrogens is 5. The summed E-state index contributed by atoms with van der Waals surface area (Å²) < 4.78 is 7.28. The van der Waals surface area contributed by atoms with E-state index in [1.54, 1.807) is 0 Å². The van der Waals surface area contributed by atoms with Crippen molar-refractivity contribution in [3.8, 4) is 61.6 Å². The fourth-order valence-corrected chi connectivity index (χ4v) is 21.4. The molecule has 606 valence electrons. The quantitative estimate of drug-likeness (QED) is 0.133. The molecule has 0 amide bonds. The van der Waals surface area contributed by atoms with Gasteiger partial charge in [-0.2, -0.15) is 0 Å². The molecule has 6 nitrogen and oxygen atoms in total. The van der Waals surface area contributed by atoms with Crippen molar-refractivity contribution >= 4 is 196 Å². The summed E-state index contributed by atoms with van der Waals surface area (Å²) >= 11 is 0. The van der Waals surface area contributed by atoms with Crippen molar-refractivity contribution < 1.29 is 0 Å². The van der Waals surface area contributed by atoms with E-state index in [2.05, 4.69) is 490 Å². The Hall–Kier alpha value is -17.3. The Labute approximate surface area is 748 Å². The van der Waals surface area contributed by atoms with E-state index in [0.29, 0.717) is 0 Å². The average molecular weight is 1650 g/mol. The summed E-state index contributed by atoms with van der Waals surface area (Å²) in [5.74, 6) is 0. The zero-order chi connectivity index (χ0) is 85.4. The largest absolute Gasteiger partial charge is 0.355 e. The predicted octanol–water partition coefficient (Wildman–Crippen LogP) is 34.1. The molecular formula is C124H80N6. The summed E-state index contributed by atoms with van der Waals surface area (Å²) in [4.78, 5) is 7.40. The van der Waals surface area contributed by atoms with Gasteiger partial charge in [0.2, 0.25) is 0 Å². The minimum atomic E-state index is 1.07. The van der Waals surface area contributed by atoms with Crippen LogP contribution in [0.25, 0.3) is 246 Å². The molecule has 28 aromatic rings. The van der Waals surface area contributed by atoms with Gasteiger partial charge < -0.3 is 29.0 Å². The van der Waals surface area contributed by atoms with Gasteiger partial charge in [0.1, 0.15) is 0 Å². The first-order valence-corrected chi connectivity index (χ1v) is 44.8. The van der Waals surface area contributed by atoms with Crippen LogP contribution in [0.1, 0.15) is 0 Å². The number of nitrogens with zero attached hydrogens (tertiary/aromatic N) is 3. The Balaban J connectivity index is 0.000000103. The zero-order valence-electron chi connectivity index (χ0n) is 70.8. The molecule has 3 N–H and O–H groups in total. The third-order valence-electron chi connectivity index (χ3n) is 27.1. The number of hydrogen-bond donors (Lipinski definition) is 3. The van der Waals surface area contributed by atoms with Crippen LogP contribution < -0.4 is 5.32 Å². The second-order valence-electron chi connectivity index (χ2n) is 34.3. The van der Waals surface area contributed by atoms with Gasteiger partial charge in [0.05, 0.1) is 38.8 Å². The van der Waals surface area contributed by atoms with E-state index < -0.39 is 0 Å². The Morgan fingerprint density at radius 1 is 0.162 bits per heavy atom. The van der Waals surface area contributed by atoms with Crippen LogP contribution in [0.15, 0.2) is 467 Å². The smallest absolute Gasteiger partial charge is 0.0553 e. The molecule has 28 rings (SSSR count). The third-order valence-corrected chi connectivity index (χ3v) is 27.1. The number of benzene rings is 23. The van der Waals surface area contributed by atoms with Gasteiger partial charge in [0, 0.05) is 104 Å². The molecule has 0 unspecified atom stereocenters. The van der Waals surface area contributed by atoms with E-state index >= 15 is 0 Å². The standard InChI is InChI=1S/C44H28N2.C42H28N2.C38H24N2/c1-2-10-33(11-3-1)46-42-17-9-7-13-35(42)36-23-22-31(26-43(36)46)29-18-19-30-25-32(21-20-28(30)24-29)39-27-41-44(37-14-5-4-12-34(37)39)38-15-6-8-16-40(38)45-41;1-2-16-30(17-3-1)43-31-25-29-14-5-6-18-32(29)37(26-31)38-27-41-42(35-21-9-8-20-34(35)38)36-22-10-11-23-40(36)44(41)39-24-12-15-28-13-4-7-19-33(28)39;1-2-12-24(13-3-1)40-35-21-11-9-19-30(35)38-28-17-7-5-15-26(28)32(23-36(38)40)31-22-34-37(27-16-6-4-14-25(27)31)29-18-8-10-20-33(29)39-34/h1-27,45H;1-27,43H;1-23,39H. The van der Waals surface area contributed by atoms with Gasteiger partial charge in [-0.3, -0.25) is 0 Å². The molecule has 0 radical (unpaired) electrons. The summed E-state index contributed by atoms with van der Waals surface area (Å²) in [7, 11) is 0. The third kappa shape index (κ3) is 12.0. The van der Waals surface area contributed by atoms with E-state index in [1.807, 2.05) is 6.07 Å². The Morgan fingerprint density at radius 3 is 1.11 bits per heavy atom. The number of aromatic amines is 2. The van der Waals surface area contributed by atoms with E-state index in [9.17, 15) is 0 Å². The van der Waals surface area contributed by atoms with E-state index in [-0.39, 0.29) is 0 Å². The lowest BCUT2D eigenvalue weighted by Crippen LogP contribution is -1.96. The van der Waals surface area contributed by atoms with Crippen molar-refractivity contribution in [2.45, 2.75) is 0 Å². The number of nitrogens with one attached hydrogen (secondary N) is 3. The highest BCUT2D eigenvalue weighted by atomic mass is 15.0. The number of para-hydroxylation sites is 8. The van der Waals surface area contributed by atoms with Crippen LogP contribution in [0, 0.1) is 0 Å². The fourth-order valence-electron chi connectivity index (χ4n) is 21.4. The molecule has 6 heteroatoms. The summed E-state index contributed by atoms with van der Waals surface area (Å²) in [5, 5.41) is 34.0. The molecular weight excluding hydrogens is 1570 g/mol. The second kappa shape index (κ2) is 30.2. The molecule has 5 heterocycles. The van der Waals surface area contributed by atoms with E-state index in [4.69, 9.17) is 0 Å². The number of H-pyrrole nitrogens is 2. The average Bonchev–Trinajstić information content (AvgIpc) is 1.54. The van der Waals surface area contributed by atoms with Crippen LogP contribution >= 0.6 is 0 Å². The van der Waals surface area contributed by atoms with Gasteiger partial charge in [-0.1, -0.05) is 340 Å². The molecule has 0 saturated heterocycles. The van der Waals surface area contributed by atoms with Crippen LogP contribution in [0.3, 0.4) is 0 Å². The van der Waals surface area contributed by atoms with E-state index in [0.717, 1.165) is 11.4 Å². The molecule has 0 saturated carbocycles. The predicted molar refractivity (Wildman–Crippen MR) is 555 cm³/mol. The topological polar surface area (TPSA) is 58.4 Å². The van der Waals surface area contributed by atoms with Crippen LogP contribution in [-0.2, 0) is 0 Å². The number of anilines is 2. The first-order valence-electron chi connectivity index (χ1n) is 44.8. The van der Waals surface area contributed by atoms with Gasteiger partial charge in [0.25, 0.3) is 0 Å². The highest BCUT2D eigenvalue weighted by Gasteiger charge is 2.25. The highest BCUT2D eigenvalue weighted by Crippen LogP contribution is 2.50. The van der Waals surface area contributed by atoms with Crippen LogP contribution in [-0.4, -0.2) is 23.7 Å². The summed E-state index contributed by atoms with van der Waals surface area (Å²) in [6.45, 7) is 0. The maximum atomic E-state index is 3.72. The molecule has 5 aromatic heterocycles. The highest BCUT2D eigenvalue weighted by molar-refractivity contribution is 6.30. The number of rotatable bonds is 9. The number of fused-ring (bicyclic) bond motifs is 26. The maximum Gasteiger partial charge on any atom is 0.0553 e. The molecule has 0 fully saturated rings. The molecule has 0 spiro atoms. The molecule has 0 bridgehead atoms. The fraction of sp³-hybridized carbons (Fsp3) is 0. The normalized spacial score (nSPS) is 11.8. The first kappa shape index (κ1) is 74.1. The van der Waals surface area contributed by atoms with Crippen LogP contribution in [0.5, 0.6) is 0 Å². The van der Waals surface area contributed by atoms with Crippen molar-refractivity contribution in [1.29, 1.82) is 0 Å². The van der Waals surface area contributed by atoms with Gasteiger partial charge in [-0.15, -0.1) is 0 Å².